The molecule has 0 radical (unpaired) electrons. The maximum absolute atomic E-state index is 12.9. The van der Waals surface area contributed by atoms with Gasteiger partial charge in [0, 0.05) is 23.3 Å². The molecule has 0 bridgehead atoms. The Labute approximate surface area is 211 Å². The zero-order valence-corrected chi connectivity index (χ0v) is 20.9. The van der Waals surface area contributed by atoms with Crippen molar-refractivity contribution in [3.05, 3.63) is 77.4 Å². The summed E-state index contributed by atoms with van der Waals surface area (Å²) in [6.07, 6.45) is -4.38. The van der Waals surface area contributed by atoms with Crippen molar-refractivity contribution < 1.29 is 27.4 Å². The maximum Gasteiger partial charge on any atom is 0.416 e. The van der Waals surface area contributed by atoms with E-state index < -0.39 is 17.7 Å². The molecule has 0 amide bonds. The molecule has 1 aromatic heterocycles. The van der Waals surface area contributed by atoms with Crippen LogP contribution in [-0.2, 0) is 28.5 Å². The van der Waals surface area contributed by atoms with Crippen LogP contribution in [0.15, 0.2) is 65.6 Å². The van der Waals surface area contributed by atoms with Crippen LogP contribution in [0.1, 0.15) is 23.6 Å². The standard InChI is InChI=1S/C27H25F3N2O3S/c1-4-34-24(33)15-35-23-13-12-21(14-17(23)2)36-16-19-6-5-7-22-25(19)31-26(32(22)3)18-8-10-20(11-9-18)27(28,29)30/h5-14H,4,15-16H2,1-3H3. The highest BCUT2D eigenvalue weighted by molar-refractivity contribution is 7.98. The van der Waals surface area contributed by atoms with Gasteiger partial charge in [-0.25, -0.2) is 9.78 Å². The number of nitrogens with zero attached hydrogens (tertiary/aromatic N) is 2. The fraction of sp³-hybridized carbons (Fsp3) is 0.259. The highest BCUT2D eigenvalue weighted by Gasteiger charge is 2.30. The molecule has 0 saturated carbocycles. The minimum absolute atomic E-state index is 0.135. The van der Waals surface area contributed by atoms with Gasteiger partial charge in [-0.1, -0.05) is 24.3 Å². The molecule has 3 aromatic carbocycles. The van der Waals surface area contributed by atoms with E-state index in [2.05, 4.69) is 0 Å². The third-order valence-corrected chi connectivity index (χ3v) is 6.70. The Morgan fingerprint density at radius 3 is 2.50 bits per heavy atom. The fourth-order valence-electron chi connectivity index (χ4n) is 3.83. The number of hydrogen-bond donors (Lipinski definition) is 0. The lowest BCUT2D eigenvalue weighted by molar-refractivity contribution is -0.145. The summed E-state index contributed by atoms with van der Waals surface area (Å²) in [5.41, 5.74) is 3.58. The Hall–Kier alpha value is -3.46. The van der Waals surface area contributed by atoms with Crippen LogP contribution in [0.3, 0.4) is 0 Å². The van der Waals surface area contributed by atoms with Crippen molar-refractivity contribution in [1.82, 2.24) is 9.55 Å². The summed E-state index contributed by atoms with van der Waals surface area (Å²) < 4.78 is 51.2. The highest BCUT2D eigenvalue weighted by Crippen LogP contribution is 2.34. The number of halogens is 3. The van der Waals surface area contributed by atoms with E-state index >= 15 is 0 Å². The van der Waals surface area contributed by atoms with E-state index in [0.717, 1.165) is 39.2 Å². The first-order valence-corrected chi connectivity index (χ1v) is 12.3. The number of esters is 1. The summed E-state index contributed by atoms with van der Waals surface area (Å²) >= 11 is 1.64. The van der Waals surface area contributed by atoms with Crippen LogP contribution in [0.4, 0.5) is 13.2 Å². The molecule has 0 saturated heterocycles. The van der Waals surface area contributed by atoms with Gasteiger partial charge in [0.15, 0.2) is 6.61 Å². The van der Waals surface area contributed by atoms with Crippen molar-refractivity contribution >= 4 is 28.8 Å². The molecule has 0 aliphatic heterocycles. The fourth-order valence-corrected chi connectivity index (χ4v) is 4.81. The largest absolute Gasteiger partial charge is 0.482 e. The van der Waals surface area contributed by atoms with Gasteiger partial charge < -0.3 is 14.0 Å². The van der Waals surface area contributed by atoms with Gasteiger partial charge in [0.25, 0.3) is 0 Å². The monoisotopic (exact) mass is 514 g/mol. The number of alkyl halides is 3. The number of imidazole rings is 1. The van der Waals surface area contributed by atoms with Crippen molar-refractivity contribution in [3.63, 3.8) is 0 Å². The number of carbonyl (C=O) groups excluding carboxylic acids is 1. The average molecular weight is 515 g/mol. The summed E-state index contributed by atoms with van der Waals surface area (Å²) in [6, 6.07) is 16.7. The topological polar surface area (TPSA) is 53.4 Å². The Kier molecular flexibility index (Phi) is 7.59. The van der Waals surface area contributed by atoms with Gasteiger partial charge in [-0.05, 0) is 61.4 Å². The number of rotatable bonds is 8. The lowest BCUT2D eigenvalue weighted by Crippen LogP contribution is -2.14. The van der Waals surface area contributed by atoms with Crippen LogP contribution in [0.2, 0.25) is 0 Å². The first kappa shape index (κ1) is 25.6. The zero-order valence-electron chi connectivity index (χ0n) is 20.1. The molecule has 0 unspecified atom stereocenters. The summed E-state index contributed by atoms with van der Waals surface area (Å²) in [7, 11) is 1.86. The van der Waals surface area contributed by atoms with Gasteiger partial charge in [0.1, 0.15) is 11.6 Å². The second-order valence-electron chi connectivity index (χ2n) is 8.16. The van der Waals surface area contributed by atoms with Crippen molar-refractivity contribution in [2.24, 2.45) is 7.05 Å². The summed E-state index contributed by atoms with van der Waals surface area (Å²) in [4.78, 5) is 17.3. The molecule has 0 atom stereocenters. The highest BCUT2D eigenvalue weighted by atomic mass is 32.2. The summed E-state index contributed by atoms with van der Waals surface area (Å²) in [5.74, 6) is 1.48. The third kappa shape index (κ3) is 5.67. The number of carbonyl (C=O) groups is 1. The molecule has 9 heteroatoms. The van der Waals surface area contributed by atoms with E-state index in [1.807, 2.05) is 54.9 Å². The van der Waals surface area contributed by atoms with Gasteiger partial charge in [-0.2, -0.15) is 13.2 Å². The van der Waals surface area contributed by atoms with Crippen molar-refractivity contribution in [2.75, 3.05) is 13.2 Å². The smallest absolute Gasteiger partial charge is 0.416 e. The Bertz CT molecular complexity index is 1380. The van der Waals surface area contributed by atoms with Crippen molar-refractivity contribution in [1.29, 1.82) is 0 Å². The molecule has 4 aromatic rings. The number of hydrogen-bond acceptors (Lipinski definition) is 5. The van der Waals surface area contributed by atoms with Gasteiger partial charge in [-0.3, -0.25) is 0 Å². The van der Waals surface area contributed by atoms with Gasteiger partial charge in [-0.15, -0.1) is 11.8 Å². The van der Waals surface area contributed by atoms with Gasteiger partial charge in [0.05, 0.1) is 23.2 Å². The van der Waals surface area contributed by atoms with Crippen LogP contribution in [0.5, 0.6) is 5.75 Å². The van der Waals surface area contributed by atoms with Crippen LogP contribution < -0.4 is 4.74 Å². The predicted molar refractivity (Wildman–Crippen MR) is 134 cm³/mol. The molecule has 0 aliphatic rings. The average Bonchev–Trinajstić information content (AvgIpc) is 3.19. The maximum atomic E-state index is 12.9. The molecular weight excluding hydrogens is 489 g/mol. The van der Waals surface area contributed by atoms with Crippen LogP contribution in [-0.4, -0.2) is 28.7 Å². The minimum atomic E-state index is -4.38. The minimum Gasteiger partial charge on any atom is -0.482 e. The van der Waals surface area contributed by atoms with E-state index in [4.69, 9.17) is 14.5 Å². The SMILES string of the molecule is CCOC(=O)COc1ccc(SCc2cccc3c2nc(-c2ccc(C(F)(F)F)cc2)n3C)cc1C. The quantitative estimate of drug-likeness (QED) is 0.191. The number of ether oxygens (including phenoxy) is 2. The lowest BCUT2D eigenvalue weighted by Gasteiger charge is -2.10. The van der Waals surface area contributed by atoms with Crippen LogP contribution in [0.25, 0.3) is 22.4 Å². The van der Waals surface area contributed by atoms with Crippen molar-refractivity contribution in [3.8, 4) is 17.1 Å². The van der Waals surface area contributed by atoms with E-state index in [1.165, 1.54) is 12.1 Å². The zero-order chi connectivity index (χ0) is 25.9. The third-order valence-electron chi connectivity index (χ3n) is 5.66. The lowest BCUT2D eigenvalue weighted by atomic mass is 10.1. The molecule has 188 valence electrons. The normalized spacial score (nSPS) is 11.6. The Morgan fingerprint density at radius 1 is 1.08 bits per heavy atom. The number of aryl methyl sites for hydroxylation is 2. The molecule has 36 heavy (non-hydrogen) atoms. The molecule has 0 N–H and O–H groups in total. The number of fused-ring (bicyclic) bond motifs is 1. The second-order valence-corrected chi connectivity index (χ2v) is 9.21. The van der Waals surface area contributed by atoms with E-state index in [9.17, 15) is 18.0 Å². The number of benzene rings is 3. The molecule has 0 fully saturated rings. The molecule has 1 heterocycles. The molecule has 0 aliphatic carbocycles. The molecule has 5 nitrogen and oxygen atoms in total. The van der Waals surface area contributed by atoms with Gasteiger partial charge >= 0.3 is 12.1 Å². The second kappa shape index (κ2) is 10.7. The van der Waals surface area contributed by atoms with E-state index in [-0.39, 0.29) is 6.61 Å². The first-order chi connectivity index (χ1) is 17.2. The summed E-state index contributed by atoms with van der Waals surface area (Å²) in [5, 5.41) is 0. The molecule has 0 spiro atoms. The van der Waals surface area contributed by atoms with Crippen LogP contribution in [0, 0.1) is 6.92 Å². The molecular formula is C27H25F3N2O3S. The van der Waals surface area contributed by atoms with Crippen LogP contribution >= 0.6 is 11.8 Å². The molecule has 4 rings (SSSR count). The number of thioether (sulfide) groups is 1. The first-order valence-electron chi connectivity index (χ1n) is 11.3. The predicted octanol–water partition coefficient (Wildman–Crippen LogP) is 6.80. The number of aromatic nitrogens is 2. The number of para-hydroxylation sites is 1. The van der Waals surface area contributed by atoms with E-state index in [0.29, 0.717) is 29.5 Å². The van der Waals surface area contributed by atoms with Crippen molar-refractivity contribution in [2.45, 2.75) is 30.7 Å². The summed E-state index contributed by atoms with van der Waals surface area (Å²) in [6.45, 7) is 3.84. The Balaban J connectivity index is 1.51. The Morgan fingerprint density at radius 2 is 1.83 bits per heavy atom. The van der Waals surface area contributed by atoms with E-state index in [1.54, 1.807) is 18.7 Å². The van der Waals surface area contributed by atoms with Gasteiger partial charge in [0.2, 0.25) is 0 Å².